The molecule has 3 saturated heterocycles. The highest BCUT2D eigenvalue weighted by Crippen LogP contribution is 2.39. The number of anilines is 3. The topological polar surface area (TPSA) is 174 Å². The molecule has 0 saturated carbocycles. The van der Waals surface area contributed by atoms with Crippen LogP contribution in [0.5, 0.6) is 5.75 Å². The summed E-state index contributed by atoms with van der Waals surface area (Å²) < 4.78 is 57.5. The molecule has 0 bridgehead atoms. The fourth-order valence-electron chi connectivity index (χ4n) is 6.73. The number of esters is 3. The molecule has 0 amide bonds. The summed E-state index contributed by atoms with van der Waals surface area (Å²) >= 11 is 0. The smallest absolute Gasteiger partial charge is 0.303 e. The third-order valence-electron chi connectivity index (χ3n) is 8.53. The Labute approximate surface area is 276 Å². The zero-order valence-electron chi connectivity index (χ0n) is 27.2. The van der Waals surface area contributed by atoms with Gasteiger partial charge in [0.25, 0.3) is 0 Å². The fourth-order valence-corrected chi connectivity index (χ4v) is 6.73. The first-order valence-electron chi connectivity index (χ1n) is 15.6. The van der Waals surface area contributed by atoms with Crippen molar-refractivity contribution in [2.75, 3.05) is 23.8 Å². The molecule has 3 aliphatic heterocycles. The first-order chi connectivity index (χ1) is 22.7. The molecule has 3 aliphatic rings. The molecule has 1 unspecified atom stereocenters. The number of halogens is 2. The minimum Gasteiger partial charge on any atom is -0.459 e. The number of aromatic nitrogens is 2. The normalized spacial score (nSPS) is 26.4. The molecule has 0 aliphatic carbocycles. The van der Waals surface area contributed by atoms with E-state index >= 15 is 4.39 Å². The minimum absolute atomic E-state index is 0.0269. The van der Waals surface area contributed by atoms with Crippen LogP contribution in [0.3, 0.4) is 0 Å². The molecule has 2 aromatic rings. The Balaban J connectivity index is 1.34. The Hall–Kier alpha value is -4.62. The number of carbonyl (C=O) groups is 3. The molecule has 48 heavy (non-hydrogen) atoms. The second-order valence-corrected chi connectivity index (χ2v) is 12.7. The molecule has 1 aromatic heterocycles. The highest BCUT2D eigenvalue weighted by Gasteiger charge is 2.48. The summed E-state index contributed by atoms with van der Waals surface area (Å²) in [6.07, 6.45) is -0.618. The van der Waals surface area contributed by atoms with Crippen molar-refractivity contribution in [3.63, 3.8) is 0 Å². The number of nitrogens with zero attached hydrogens (tertiary/aromatic N) is 4. The summed E-state index contributed by atoms with van der Waals surface area (Å²) in [5, 5.41) is 15.8. The zero-order chi connectivity index (χ0) is 34.7. The van der Waals surface area contributed by atoms with Gasteiger partial charge in [0.2, 0.25) is 18.3 Å². The van der Waals surface area contributed by atoms with Crippen molar-refractivity contribution in [1.82, 2.24) is 14.9 Å². The van der Waals surface area contributed by atoms with E-state index in [1.165, 1.54) is 0 Å². The first-order valence-corrected chi connectivity index (χ1v) is 15.6. The number of piperidine rings is 1. The Morgan fingerprint density at radius 3 is 2.46 bits per heavy atom. The second kappa shape index (κ2) is 14.2. The summed E-state index contributed by atoms with van der Waals surface area (Å²) in [6.45, 7) is 8.42. The summed E-state index contributed by atoms with van der Waals surface area (Å²) in [7, 11) is 0. The van der Waals surface area contributed by atoms with Gasteiger partial charge < -0.3 is 34.3 Å². The van der Waals surface area contributed by atoms with E-state index < -0.39 is 54.1 Å². The molecule has 4 heterocycles. The van der Waals surface area contributed by atoms with Gasteiger partial charge in [0, 0.05) is 44.5 Å². The maximum atomic E-state index is 15.5. The largest absolute Gasteiger partial charge is 0.459 e. The average Bonchev–Trinajstić information content (AvgIpc) is 3.48. The lowest BCUT2D eigenvalue weighted by Crippen LogP contribution is -2.59. The van der Waals surface area contributed by atoms with Crippen molar-refractivity contribution >= 4 is 35.4 Å². The minimum atomic E-state index is -1.49. The van der Waals surface area contributed by atoms with Gasteiger partial charge in [0.15, 0.2) is 29.7 Å². The summed E-state index contributed by atoms with van der Waals surface area (Å²) in [5.41, 5.74) is -0.430. The van der Waals surface area contributed by atoms with E-state index in [0.29, 0.717) is 6.04 Å². The number of nitrogens with one attached hydrogen (secondary N) is 2. The Morgan fingerprint density at radius 1 is 1.06 bits per heavy atom. The standard InChI is InChI=1S/C32H38F2N6O8/c1-16(41)45-26-15-44-30(28(47-18(3)43)27(26)46-17(2)42)48-25-11-22(33)24(9-19(25)13-35)38-31-36-14-23(34)29(39-31)37-20-10-21-7-6-8-40(21)32(4,5)12-20/h9,11,14,20-21,26-28,30H,6-8,10,12,15H2,1-5H3,(H2,36,37,38,39)/t20-,21+,26-,27-,28+,30?/m1/s1. The van der Waals surface area contributed by atoms with Gasteiger partial charge in [-0.15, -0.1) is 0 Å². The van der Waals surface area contributed by atoms with Crippen LogP contribution in [0.15, 0.2) is 18.3 Å². The number of nitriles is 1. The molecular weight excluding hydrogens is 634 g/mol. The number of rotatable bonds is 9. The van der Waals surface area contributed by atoms with Crippen LogP contribution in [0.2, 0.25) is 0 Å². The van der Waals surface area contributed by atoms with Gasteiger partial charge in [-0.25, -0.2) is 13.8 Å². The van der Waals surface area contributed by atoms with E-state index in [1.807, 2.05) is 6.07 Å². The van der Waals surface area contributed by atoms with Crippen LogP contribution in [-0.2, 0) is 33.3 Å². The number of hydrogen-bond acceptors (Lipinski definition) is 14. The number of carbonyl (C=O) groups excluding carboxylic acids is 3. The predicted octanol–water partition coefficient (Wildman–Crippen LogP) is 3.72. The van der Waals surface area contributed by atoms with Crippen molar-refractivity contribution in [1.29, 1.82) is 5.26 Å². The monoisotopic (exact) mass is 672 g/mol. The van der Waals surface area contributed by atoms with Gasteiger partial charge in [-0.1, -0.05) is 0 Å². The summed E-state index contributed by atoms with van der Waals surface area (Å²) in [5.74, 6) is -4.25. The third-order valence-corrected chi connectivity index (χ3v) is 8.53. The highest BCUT2D eigenvalue weighted by molar-refractivity contribution is 5.68. The number of fused-ring (bicyclic) bond motifs is 1. The summed E-state index contributed by atoms with van der Waals surface area (Å²) in [4.78, 5) is 46.2. The lowest BCUT2D eigenvalue weighted by molar-refractivity contribution is -0.259. The Kier molecular flexibility index (Phi) is 10.3. The molecule has 5 rings (SSSR count). The highest BCUT2D eigenvalue weighted by atomic mass is 19.1. The van der Waals surface area contributed by atoms with E-state index in [1.54, 1.807) is 0 Å². The van der Waals surface area contributed by atoms with Crippen LogP contribution >= 0.6 is 0 Å². The number of benzene rings is 1. The maximum Gasteiger partial charge on any atom is 0.303 e. The molecule has 1 aromatic carbocycles. The lowest BCUT2D eigenvalue weighted by Gasteiger charge is -2.47. The van der Waals surface area contributed by atoms with Crippen molar-refractivity contribution < 1.29 is 46.8 Å². The molecule has 2 N–H and O–H groups in total. The van der Waals surface area contributed by atoms with Gasteiger partial charge in [-0.05, 0) is 52.1 Å². The van der Waals surface area contributed by atoms with Crippen LogP contribution < -0.4 is 15.4 Å². The second-order valence-electron chi connectivity index (χ2n) is 12.7. The van der Waals surface area contributed by atoms with E-state index in [2.05, 4.69) is 39.3 Å². The van der Waals surface area contributed by atoms with E-state index in [4.69, 9.17) is 23.7 Å². The SMILES string of the molecule is CC(=O)O[C@H]1[C@H](OC(C)=O)C(Oc2cc(F)c(Nc3ncc(F)c(N[C@@H]4C[C@@H]5CCCN5C(C)(C)C4)n3)cc2C#N)OC[C@H]1OC(C)=O. The van der Waals surface area contributed by atoms with Gasteiger partial charge >= 0.3 is 17.9 Å². The molecule has 16 heteroatoms. The zero-order valence-corrected chi connectivity index (χ0v) is 27.2. The van der Waals surface area contributed by atoms with Crippen LogP contribution in [0.4, 0.5) is 26.2 Å². The van der Waals surface area contributed by atoms with Gasteiger partial charge in [-0.2, -0.15) is 10.2 Å². The molecule has 0 spiro atoms. The van der Waals surface area contributed by atoms with E-state index in [-0.39, 0.29) is 47.0 Å². The van der Waals surface area contributed by atoms with Gasteiger partial charge in [0.1, 0.15) is 11.8 Å². The van der Waals surface area contributed by atoms with E-state index in [0.717, 1.165) is 71.3 Å². The molecular formula is C32H38F2N6O8. The maximum absolute atomic E-state index is 15.5. The van der Waals surface area contributed by atoms with Crippen molar-refractivity contribution in [2.45, 2.75) is 103 Å². The van der Waals surface area contributed by atoms with Crippen molar-refractivity contribution in [3.05, 3.63) is 35.5 Å². The van der Waals surface area contributed by atoms with Crippen LogP contribution in [0, 0.1) is 23.0 Å². The van der Waals surface area contributed by atoms with Gasteiger partial charge in [0.05, 0.1) is 24.1 Å². The predicted molar refractivity (Wildman–Crippen MR) is 164 cm³/mol. The number of ether oxygens (including phenoxy) is 5. The average molecular weight is 673 g/mol. The summed E-state index contributed by atoms with van der Waals surface area (Å²) in [6, 6.07) is 4.31. The fraction of sp³-hybridized carbons (Fsp3) is 0.562. The Bertz CT molecular complexity index is 1600. The molecule has 258 valence electrons. The van der Waals surface area contributed by atoms with E-state index in [9.17, 15) is 24.0 Å². The molecule has 3 fully saturated rings. The third kappa shape index (κ3) is 7.91. The van der Waals surface area contributed by atoms with Crippen LogP contribution in [0.25, 0.3) is 0 Å². The lowest BCUT2D eigenvalue weighted by atomic mass is 9.84. The molecule has 14 nitrogen and oxygen atoms in total. The number of hydrogen-bond donors (Lipinski definition) is 2. The van der Waals surface area contributed by atoms with Crippen LogP contribution in [-0.4, -0.2) is 88.2 Å². The first kappa shape index (κ1) is 34.7. The molecule has 0 radical (unpaired) electrons. The van der Waals surface area contributed by atoms with Gasteiger partial charge in [-0.3, -0.25) is 19.3 Å². The Morgan fingerprint density at radius 2 is 1.77 bits per heavy atom. The molecule has 6 atom stereocenters. The van der Waals surface area contributed by atoms with Crippen molar-refractivity contribution in [2.24, 2.45) is 0 Å². The van der Waals surface area contributed by atoms with Crippen LogP contribution in [0.1, 0.15) is 65.9 Å². The van der Waals surface area contributed by atoms with Crippen molar-refractivity contribution in [3.8, 4) is 11.8 Å². The quantitative estimate of drug-likeness (QED) is 0.291.